The number of hydrogen-bond acceptors (Lipinski definition) is 28. The van der Waals surface area contributed by atoms with Gasteiger partial charge in [0.15, 0.2) is 12.0 Å². The largest absolute Gasteiger partial charge is 0.508 e. The number of phenols is 1. The van der Waals surface area contributed by atoms with Crippen molar-refractivity contribution in [3.8, 4) is 5.75 Å². The van der Waals surface area contributed by atoms with E-state index in [1.165, 1.54) is 71.7 Å². The van der Waals surface area contributed by atoms with Gasteiger partial charge < -0.3 is 137 Å². The van der Waals surface area contributed by atoms with Crippen molar-refractivity contribution in [2.24, 2.45) is 23.3 Å². The molecule has 1 fully saturated rings. The number of piperidine rings is 1. The molecule has 732 valence electrons. The minimum atomic E-state index is -1.99. The Morgan fingerprint density at radius 1 is 0.571 bits per heavy atom. The van der Waals surface area contributed by atoms with Crippen LogP contribution in [0.2, 0.25) is 0 Å². The number of thioether (sulfide) groups is 1. The van der Waals surface area contributed by atoms with E-state index in [9.17, 15) is 127 Å². The fraction of sp³-hybridized carbons (Fsp3) is 0.566. The smallest absolute Gasteiger partial charge is 0.328 e. The molecule has 0 saturated carbocycles. The van der Waals surface area contributed by atoms with Crippen molar-refractivity contribution in [1.82, 2.24) is 99.9 Å². The topological polar surface area (TPSA) is 775 Å². The van der Waals surface area contributed by atoms with Crippen LogP contribution in [0.3, 0.4) is 0 Å². The summed E-state index contributed by atoms with van der Waals surface area (Å²) >= 11 is 1.32. The van der Waals surface area contributed by atoms with Crippen LogP contribution in [0.15, 0.2) is 55.0 Å². The molecule has 0 radical (unpaired) electrons. The number of nitrogens with one attached hydrogen (secondary N) is 19. The highest BCUT2D eigenvalue weighted by Gasteiger charge is 2.43. The summed E-state index contributed by atoms with van der Waals surface area (Å²) in [4.78, 5) is 278. The Bertz CT molecular complexity index is 4600. The summed E-state index contributed by atoms with van der Waals surface area (Å²) in [6, 6.07) is -10.9. The van der Waals surface area contributed by atoms with Crippen LogP contribution in [0.25, 0.3) is 0 Å². The summed E-state index contributed by atoms with van der Waals surface area (Å²) in [6.45, 7) is 5.22. The van der Waals surface area contributed by atoms with Gasteiger partial charge in [-0.25, -0.2) is 9.78 Å². The molecule has 0 bridgehead atoms. The number of benzene rings is 2. The van der Waals surface area contributed by atoms with Crippen LogP contribution >= 0.6 is 11.8 Å². The number of fused-ring (bicyclic) bond motifs is 1. The van der Waals surface area contributed by atoms with Crippen molar-refractivity contribution in [2.45, 2.75) is 235 Å². The summed E-state index contributed by atoms with van der Waals surface area (Å²) in [6.07, 6.45) is 0.398. The molecule has 0 spiro atoms. The monoisotopic (exact) mass is 1890 g/mol. The molecule has 1 saturated heterocycles. The zero-order valence-corrected chi connectivity index (χ0v) is 75.5. The minimum absolute atomic E-state index is 0.00193. The second-order valence-electron chi connectivity index (χ2n) is 32.2. The standard InChI is InChI=1S/C83H123N23O26S/c1-8-42(4)67(80(129)97-54(27-30-133-7)72(121)98-55(31-41(2)3)76(125)105-68(44(6)109)82(131)132)104-73(122)52(16-12-29-88-83(85)86)96-75(124)57(33-46-34-87-40-91-46)100-70(119)51(14-9-10-28-84)95-69(118)43(5)92-77(126)58(38-107)102-74(123)56(32-45-17-19-47(110)20-18-45)99-78(127)59(39-108)101-71(120)53(21-26-66(116)117)94-65(115)36-90-64(114)35-89-61(111)24-25-62(112)93-50-15-11-13-48-49(50)37-106(81(48)130)60-22-23-63(113)103-79(60)128/h11,13,15,17-20,34,40-44,51-60,67-68,107-110H,8-10,12,14,16,21-33,35-39,84H2,1-7H3,(H,87,91)(H,89,111)(H,90,114)(H,92,126)(H,93,112)(H,94,115)(H,95,118)(H,96,124)(H,97,129)(H,98,121)(H,99,127)(H,100,119)(H,101,120)(H,102,123)(H,104,122)(H,105,125)(H,116,117)(H,131,132)(H4,85,86,88)(H,103,113,128)/t42-,43-,44+,51-,52-,53-,54-,55-,56-,57-,58-,59-,60?,67-,68-/m0/s1. The molecule has 1 aromatic heterocycles. The number of carboxylic acid groups (broad SMARTS) is 2. The lowest BCUT2D eigenvalue weighted by molar-refractivity contribution is -0.145. The molecular formula is C83H123N23O26S. The third-order valence-corrected chi connectivity index (χ3v) is 21.9. The van der Waals surface area contributed by atoms with Gasteiger partial charge in [-0.2, -0.15) is 11.8 Å². The zero-order chi connectivity index (χ0) is 98.9. The lowest BCUT2D eigenvalue weighted by Crippen LogP contribution is -2.62. The van der Waals surface area contributed by atoms with Crippen molar-refractivity contribution < 1.29 is 127 Å². The summed E-state index contributed by atoms with van der Waals surface area (Å²) in [5.41, 5.74) is 12.7. The van der Waals surface area contributed by atoms with Crippen LogP contribution in [0.1, 0.15) is 159 Å². The number of aliphatic carboxylic acids is 2. The normalized spacial score (nSPS) is 15.9. The minimum Gasteiger partial charge on any atom is -0.508 e. The molecule has 2 aliphatic heterocycles. The van der Waals surface area contributed by atoms with Gasteiger partial charge in [0.25, 0.3) is 5.91 Å². The average Bonchev–Trinajstić information content (AvgIpc) is 1.62. The van der Waals surface area contributed by atoms with E-state index in [1.807, 2.05) is 0 Å². The fourth-order valence-corrected chi connectivity index (χ4v) is 14.1. The Hall–Kier alpha value is -13.5. The zero-order valence-electron chi connectivity index (χ0n) is 74.7. The number of carbonyl (C=O) groups excluding carboxylic acids is 18. The van der Waals surface area contributed by atoms with E-state index in [2.05, 4.69) is 100 Å². The number of H-pyrrole nitrogens is 1. The predicted molar refractivity (Wildman–Crippen MR) is 474 cm³/mol. The number of nitrogens with two attached hydrogens (primary N) is 2. The number of carboxylic acids is 2. The number of guanidine groups is 1. The molecule has 133 heavy (non-hydrogen) atoms. The van der Waals surface area contributed by atoms with E-state index in [-0.39, 0.29) is 118 Å². The first kappa shape index (κ1) is 110. The number of nitrogens with zero attached hydrogens (tertiary/aromatic N) is 2. The van der Waals surface area contributed by atoms with Gasteiger partial charge in [-0.15, -0.1) is 0 Å². The van der Waals surface area contributed by atoms with Gasteiger partial charge in [-0.05, 0) is 132 Å². The molecular weight excluding hydrogens is 1770 g/mol. The first-order chi connectivity index (χ1) is 63.0. The Balaban J connectivity index is 1.24. The molecule has 2 aromatic carbocycles. The summed E-state index contributed by atoms with van der Waals surface area (Å²) in [5.74, 6) is -20.9. The highest BCUT2D eigenvalue weighted by Crippen LogP contribution is 2.33. The SMILES string of the molecule is CC[C@H](C)[C@H](NC(=O)[C@H](CCCNC(=N)N)NC(=O)[C@H](Cc1c[nH]cn1)NC(=O)[C@H](CCCCN)NC(=O)[C@H](C)NC(=O)[C@H](CO)NC(=O)[C@H](Cc1ccc(O)cc1)NC(=O)[C@H](CO)NC(=O)[C@H](CCC(=O)O)NC(=O)CNC(=O)CNC(=O)CCC(=O)Nc1cccc2c1CN(C1CCC(=O)NC1=O)C2=O)C(=O)N[C@@H](CCSC)C(=O)N[C@@H](CC(C)C)C(=O)N[C@H](C(=O)O)[C@@H](C)O. The van der Waals surface area contributed by atoms with Crippen LogP contribution in [-0.4, -0.2) is 306 Å². The maximum absolute atomic E-state index is 14.8. The maximum atomic E-state index is 14.8. The number of rotatable bonds is 58. The van der Waals surface area contributed by atoms with E-state index in [4.69, 9.17) is 16.9 Å². The number of aromatic amines is 1. The van der Waals surface area contributed by atoms with Crippen LogP contribution in [-0.2, 0) is 110 Å². The molecule has 3 heterocycles. The van der Waals surface area contributed by atoms with Crippen molar-refractivity contribution in [3.63, 3.8) is 0 Å². The van der Waals surface area contributed by atoms with Crippen LogP contribution in [0.4, 0.5) is 5.69 Å². The molecule has 29 N–H and O–H groups in total. The number of imide groups is 1. The lowest BCUT2D eigenvalue weighted by Gasteiger charge is -2.30. The molecule has 3 aromatic rings. The van der Waals surface area contributed by atoms with Crippen LogP contribution in [0, 0.1) is 17.2 Å². The summed E-state index contributed by atoms with van der Waals surface area (Å²) in [7, 11) is 0. The van der Waals surface area contributed by atoms with E-state index in [1.54, 1.807) is 34.0 Å². The number of imidazole rings is 1. The molecule has 18 amide bonds. The molecule has 15 atom stereocenters. The number of hydrogen-bond donors (Lipinski definition) is 27. The molecule has 0 aliphatic carbocycles. The number of aliphatic hydroxyl groups excluding tert-OH is 3. The second kappa shape index (κ2) is 55.6. The van der Waals surface area contributed by atoms with Crippen LogP contribution in [0.5, 0.6) is 5.75 Å². The number of anilines is 1. The van der Waals surface area contributed by atoms with Gasteiger partial charge in [0.05, 0.1) is 44.4 Å². The fourth-order valence-electron chi connectivity index (χ4n) is 13.7. The number of aliphatic hydroxyl groups is 3. The van der Waals surface area contributed by atoms with Crippen molar-refractivity contribution >= 4 is 142 Å². The number of phenolic OH excluding ortho intramolecular Hbond substituents is 1. The molecule has 2 aliphatic rings. The Morgan fingerprint density at radius 2 is 1.09 bits per heavy atom. The number of unbranched alkanes of at least 4 members (excludes halogenated alkanes) is 1. The van der Waals surface area contributed by atoms with Crippen LogP contribution < -0.4 is 102 Å². The van der Waals surface area contributed by atoms with Crippen molar-refractivity contribution in [2.75, 3.05) is 56.7 Å². The van der Waals surface area contributed by atoms with Gasteiger partial charge in [-0.3, -0.25) is 102 Å². The first-order valence-corrected chi connectivity index (χ1v) is 44.5. The highest BCUT2D eigenvalue weighted by molar-refractivity contribution is 7.98. The second-order valence-corrected chi connectivity index (χ2v) is 33.2. The van der Waals surface area contributed by atoms with Gasteiger partial charge >= 0.3 is 11.9 Å². The number of amides is 18. The predicted octanol–water partition coefficient (Wildman–Crippen LogP) is -7.30. The van der Waals surface area contributed by atoms with E-state index in [0.29, 0.717) is 17.7 Å². The first-order valence-electron chi connectivity index (χ1n) is 43.1. The number of aromatic nitrogens is 2. The molecule has 49 nitrogen and oxygen atoms in total. The van der Waals surface area contributed by atoms with Crippen molar-refractivity contribution in [3.05, 3.63) is 77.4 Å². The number of carbonyl (C=O) groups is 20. The lowest BCUT2D eigenvalue weighted by atomic mass is 9.96. The van der Waals surface area contributed by atoms with Crippen molar-refractivity contribution in [1.29, 1.82) is 5.41 Å². The molecule has 5 rings (SSSR count). The van der Waals surface area contributed by atoms with E-state index >= 15 is 0 Å². The molecule has 1 unspecified atom stereocenters. The van der Waals surface area contributed by atoms with E-state index in [0.717, 1.165) is 13.8 Å². The van der Waals surface area contributed by atoms with E-state index < -0.39 is 273 Å². The summed E-state index contributed by atoms with van der Waals surface area (Å²) in [5, 5.41) is 109. The summed E-state index contributed by atoms with van der Waals surface area (Å²) < 4.78 is 0. The Morgan fingerprint density at radius 3 is 1.65 bits per heavy atom. The highest BCUT2D eigenvalue weighted by atomic mass is 32.2. The quantitative estimate of drug-likeness (QED) is 0.0108. The Kier molecular flexibility index (Phi) is 46.0. The maximum Gasteiger partial charge on any atom is 0.328 e. The van der Waals surface area contributed by atoms with Gasteiger partial charge in [0.2, 0.25) is 100 Å². The Labute approximate surface area is 768 Å². The third-order valence-electron chi connectivity index (χ3n) is 21.2. The van der Waals surface area contributed by atoms with Gasteiger partial charge in [-0.1, -0.05) is 52.3 Å². The van der Waals surface area contributed by atoms with Gasteiger partial charge in [0.1, 0.15) is 78.3 Å². The number of aromatic hydroxyl groups is 1. The molecule has 50 heteroatoms. The van der Waals surface area contributed by atoms with Gasteiger partial charge in [0, 0.05) is 74.6 Å². The average molecular weight is 1890 g/mol. The third kappa shape index (κ3) is 37.0.